The number of carbonyl (C=O) groups excluding carboxylic acids is 1. The lowest BCUT2D eigenvalue weighted by Gasteiger charge is -2.32. The molecular formula is C27H40N6O4. The van der Waals surface area contributed by atoms with Gasteiger partial charge in [0.25, 0.3) is 5.91 Å². The van der Waals surface area contributed by atoms with Crippen LogP contribution in [0, 0.1) is 12.8 Å². The molecule has 1 aliphatic heterocycles. The van der Waals surface area contributed by atoms with E-state index in [1.54, 1.807) is 0 Å². The number of aryl methyl sites for hydroxylation is 1. The van der Waals surface area contributed by atoms with Crippen LogP contribution in [0.3, 0.4) is 0 Å². The van der Waals surface area contributed by atoms with Crippen LogP contribution in [0.1, 0.15) is 60.6 Å². The van der Waals surface area contributed by atoms with Gasteiger partial charge in [-0.1, -0.05) is 26.0 Å². The van der Waals surface area contributed by atoms with Gasteiger partial charge >= 0.3 is 6.09 Å². The molecule has 3 rings (SSSR count). The predicted octanol–water partition coefficient (Wildman–Crippen LogP) is 3.50. The summed E-state index contributed by atoms with van der Waals surface area (Å²) in [6.07, 6.45) is 3.63. The van der Waals surface area contributed by atoms with Crippen molar-refractivity contribution in [3.05, 3.63) is 47.3 Å². The topological polar surface area (TPSA) is 129 Å². The number of rotatable bonds is 13. The molecule has 2 amide bonds. The van der Waals surface area contributed by atoms with Crippen LogP contribution in [0.15, 0.2) is 30.5 Å². The molecule has 0 unspecified atom stereocenters. The van der Waals surface area contributed by atoms with E-state index in [1.165, 1.54) is 23.4 Å². The van der Waals surface area contributed by atoms with Gasteiger partial charge in [0.2, 0.25) is 5.95 Å². The molecule has 1 saturated heterocycles. The van der Waals surface area contributed by atoms with E-state index >= 15 is 0 Å². The van der Waals surface area contributed by atoms with Crippen molar-refractivity contribution in [1.29, 1.82) is 0 Å². The van der Waals surface area contributed by atoms with E-state index in [9.17, 15) is 9.59 Å². The standard InChI is InChI=1S/C27H40N6O4/c1-19(2)22-6-5-20(3)17-24(22)37-18-21-8-15-33(16-9-21)14-4-10-29-26-30-11-7-23(32-26)25(34)28-12-13-31-27(35)36/h5-7,11,17,19,21,31H,4,8-10,12-16,18H2,1-3H3,(H,28,34)(H,35,36)(H,29,30,32). The minimum atomic E-state index is -1.13. The van der Waals surface area contributed by atoms with Crippen LogP contribution in [0.5, 0.6) is 5.75 Å². The predicted molar refractivity (Wildman–Crippen MR) is 143 cm³/mol. The number of hydrogen-bond donors (Lipinski definition) is 4. The van der Waals surface area contributed by atoms with Gasteiger partial charge in [-0.25, -0.2) is 14.8 Å². The summed E-state index contributed by atoms with van der Waals surface area (Å²) in [4.78, 5) is 33.5. The first-order chi connectivity index (χ1) is 17.8. The van der Waals surface area contributed by atoms with Gasteiger partial charge in [-0.15, -0.1) is 0 Å². The Hall–Kier alpha value is -3.40. The third kappa shape index (κ3) is 9.53. The molecule has 0 radical (unpaired) electrons. The summed E-state index contributed by atoms with van der Waals surface area (Å²) >= 11 is 0. The molecule has 37 heavy (non-hydrogen) atoms. The van der Waals surface area contributed by atoms with Crippen LogP contribution in [0.4, 0.5) is 10.7 Å². The van der Waals surface area contributed by atoms with Crippen molar-refractivity contribution in [2.75, 3.05) is 51.2 Å². The molecule has 0 aliphatic carbocycles. The molecule has 10 heteroatoms. The van der Waals surface area contributed by atoms with Crippen LogP contribution in [-0.4, -0.2) is 77.9 Å². The smallest absolute Gasteiger partial charge is 0.404 e. The average Bonchev–Trinajstić information content (AvgIpc) is 2.88. The maximum Gasteiger partial charge on any atom is 0.404 e. The summed E-state index contributed by atoms with van der Waals surface area (Å²) in [6.45, 7) is 11.5. The number of piperidine rings is 1. The largest absolute Gasteiger partial charge is 0.493 e. The lowest BCUT2D eigenvalue weighted by Crippen LogP contribution is -2.36. The summed E-state index contributed by atoms with van der Waals surface area (Å²) in [5.74, 6) is 2.10. The molecule has 2 aromatic rings. The summed E-state index contributed by atoms with van der Waals surface area (Å²) < 4.78 is 6.27. The number of carbonyl (C=O) groups is 2. The summed E-state index contributed by atoms with van der Waals surface area (Å²) in [5, 5.41) is 16.6. The van der Waals surface area contributed by atoms with Crippen molar-refractivity contribution in [2.24, 2.45) is 5.92 Å². The zero-order chi connectivity index (χ0) is 26.6. The van der Waals surface area contributed by atoms with E-state index < -0.39 is 6.09 Å². The molecule has 0 atom stereocenters. The van der Waals surface area contributed by atoms with E-state index in [0.717, 1.165) is 51.3 Å². The Labute approximate surface area is 219 Å². The fourth-order valence-electron chi connectivity index (χ4n) is 4.34. The zero-order valence-electron chi connectivity index (χ0n) is 22.1. The molecule has 202 valence electrons. The third-order valence-electron chi connectivity index (χ3n) is 6.48. The number of carboxylic acid groups (broad SMARTS) is 1. The number of hydrogen-bond acceptors (Lipinski definition) is 7. The Morgan fingerprint density at radius 2 is 1.89 bits per heavy atom. The zero-order valence-corrected chi connectivity index (χ0v) is 22.1. The maximum absolute atomic E-state index is 12.2. The number of nitrogens with one attached hydrogen (secondary N) is 3. The van der Waals surface area contributed by atoms with E-state index in [0.29, 0.717) is 24.3 Å². The van der Waals surface area contributed by atoms with Crippen LogP contribution >= 0.6 is 0 Å². The van der Waals surface area contributed by atoms with Gasteiger partial charge in [0.15, 0.2) is 0 Å². The monoisotopic (exact) mass is 512 g/mol. The van der Waals surface area contributed by atoms with Gasteiger partial charge in [0, 0.05) is 25.8 Å². The second-order valence-corrected chi connectivity index (χ2v) is 9.83. The van der Waals surface area contributed by atoms with Crippen molar-refractivity contribution in [1.82, 2.24) is 25.5 Å². The first-order valence-corrected chi connectivity index (χ1v) is 13.1. The van der Waals surface area contributed by atoms with Crippen LogP contribution in [0.2, 0.25) is 0 Å². The Balaban J connectivity index is 1.32. The number of nitrogens with zero attached hydrogens (tertiary/aromatic N) is 3. The second-order valence-electron chi connectivity index (χ2n) is 9.83. The average molecular weight is 513 g/mol. The molecule has 1 aromatic carbocycles. The minimum Gasteiger partial charge on any atom is -0.493 e. The Kier molecular flexibility index (Phi) is 10.9. The van der Waals surface area contributed by atoms with Gasteiger partial charge in [-0.3, -0.25) is 4.79 Å². The first-order valence-electron chi connectivity index (χ1n) is 13.1. The highest BCUT2D eigenvalue weighted by atomic mass is 16.5. The highest BCUT2D eigenvalue weighted by Gasteiger charge is 2.20. The normalized spacial score (nSPS) is 14.4. The van der Waals surface area contributed by atoms with E-state index in [-0.39, 0.29) is 24.7 Å². The van der Waals surface area contributed by atoms with Crippen molar-refractivity contribution >= 4 is 17.9 Å². The van der Waals surface area contributed by atoms with Crippen LogP contribution in [0.25, 0.3) is 0 Å². The Morgan fingerprint density at radius 3 is 2.62 bits per heavy atom. The van der Waals surface area contributed by atoms with Gasteiger partial charge in [0.1, 0.15) is 11.4 Å². The summed E-state index contributed by atoms with van der Waals surface area (Å²) in [6, 6.07) is 8.02. The van der Waals surface area contributed by atoms with Crippen molar-refractivity contribution < 1.29 is 19.4 Å². The van der Waals surface area contributed by atoms with Gasteiger partial charge in [-0.05, 0) is 80.9 Å². The van der Waals surface area contributed by atoms with Crippen LogP contribution < -0.4 is 20.7 Å². The maximum atomic E-state index is 12.2. The molecule has 10 nitrogen and oxygen atoms in total. The van der Waals surface area contributed by atoms with Gasteiger partial charge in [0.05, 0.1) is 6.61 Å². The molecule has 1 aromatic heterocycles. The fourth-order valence-corrected chi connectivity index (χ4v) is 4.34. The second kappa shape index (κ2) is 14.4. The first kappa shape index (κ1) is 28.2. The molecule has 1 aliphatic rings. The molecular weight excluding hydrogens is 472 g/mol. The summed E-state index contributed by atoms with van der Waals surface area (Å²) in [5.41, 5.74) is 2.75. The third-order valence-corrected chi connectivity index (χ3v) is 6.48. The lowest BCUT2D eigenvalue weighted by atomic mass is 9.97. The Bertz CT molecular complexity index is 1020. The number of aromatic nitrogens is 2. The highest BCUT2D eigenvalue weighted by molar-refractivity contribution is 5.92. The molecule has 4 N–H and O–H groups in total. The molecule has 0 spiro atoms. The fraction of sp³-hybridized carbons (Fsp3) is 0.556. The molecule has 1 fully saturated rings. The molecule has 0 bridgehead atoms. The van der Waals surface area contributed by atoms with Crippen molar-refractivity contribution in [2.45, 2.75) is 46.0 Å². The number of likely N-dealkylation sites (tertiary alicyclic amines) is 1. The highest BCUT2D eigenvalue weighted by Crippen LogP contribution is 2.29. The van der Waals surface area contributed by atoms with E-state index in [2.05, 4.69) is 69.8 Å². The Morgan fingerprint density at radius 1 is 1.14 bits per heavy atom. The SMILES string of the molecule is Cc1ccc(C(C)C)c(OCC2CCN(CCCNc3nccc(C(=O)NCCNC(=O)O)n3)CC2)c1. The van der Waals surface area contributed by atoms with E-state index in [4.69, 9.17) is 9.84 Å². The lowest BCUT2D eigenvalue weighted by molar-refractivity contribution is 0.0948. The van der Waals surface area contributed by atoms with Crippen LogP contribution in [-0.2, 0) is 0 Å². The summed E-state index contributed by atoms with van der Waals surface area (Å²) in [7, 11) is 0. The molecule has 2 heterocycles. The molecule has 0 saturated carbocycles. The number of benzene rings is 1. The number of ether oxygens (including phenoxy) is 1. The van der Waals surface area contributed by atoms with Crippen molar-refractivity contribution in [3.8, 4) is 5.75 Å². The minimum absolute atomic E-state index is 0.132. The number of amides is 2. The van der Waals surface area contributed by atoms with Gasteiger partial charge < -0.3 is 30.7 Å². The van der Waals surface area contributed by atoms with Crippen molar-refractivity contribution in [3.63, 3.8) is 0 Å². The van der Waals surface area contributed by atoms with Gasteiger partial charge in [-0.2, -0.15) is 0 Å². The quantitative estimate of drug-likeness (QED) is 0.300. The van der Waals surface area contributed by atoms with E-state index in [1.807, 2.05) is 0 Å². The number of anilines is 1.